The van der Waals surface area contributed by atoms with Crippen LogP contribution >= 0.6 is 0 Å². The molecule has 1 unspecified atom stereocenters. The first-order valence-electron chi connectivity index (χ1n) is 7.37. The van der Waals surface area contributed by atoms with Crippen molar-refractivity contribution in [3.8, 4) is 0 Å². The smallest absolute Gasteiger partial charge is 0.0751 e. The number of hydrogen-bond donors (Lipinski definition) is 1. The first-order valence-corrected chi connectivity index (χ1v) is 7.37. The summed E-state index contributed by atoms with van der Waals surface area (Å²) in [6.07, 6.45) is 4.77. The van der Waals surface area contributed by atoms with E-state index >= 15 is 0 Å². The fourth-order valence-corrected chi connectivity index (χ4v) is 2.50. The van der Waals surface area contributed by atoms with Crippen molar-refractivity contribution in [1.82, 2.24) is 15.3 Å². The van der Waals surface area contributed by atoms with Crippen molar-refractivity contribution in [1.29, 1.82) is 0 Å². The van der Waals surface area contributed by atoms with Crippen molar-refractivity contribution in [2.75, 3.05) is 6.54 Å². The summed E-state index contributed by atoms with van der Waals surface area (Å²) in [5, 5.41) is 4.75. The van der Waals surface area contributed by atoms with Gasteiger partial charge in [0.1, 0.15) is 0 Å². The minimum Gasteiger partial charge on any atom is -0.305 e. The van der Waals surface area contributed by atoms with Crippen LogP contribution in [0, 0.1) is 0 Å². The summed E-state index contributed by atoms with van der Waals surface area (Å²) in [6.45, 7) is 3.14. The Morgan fingerprint density at radius 3 is 2.71 bits per heavy atom. The summed E-state index contributed by atoms with van der Waals surface area (Å²) >= 11 is 0. The van der Waals surface area contributed by atoms with Gasteiger partial charge in [-0.15, -0.1) is 0 Å². The molecule has 0 spiro atoms. The molecule has 3 aromatic rings. The predicted octanol–water partition coefficient (Wildman–Crippen LogP) is 3.72. The first kappa shape index (κ1) is 13.7. The fraction of sp³-hybridized carbons (Fsp3) is 0.222. The Balaban J connectivity index is 2.01. The van der Waals surface area contributed by atoms with Crippen molar-refractivity contribution in [3.05, 3.63) is 72.2 Å². The number of hydrogen-bond acceptors (Lipinski definition) is 3. The van der Waals surface area contributed by atoms with Gasteiger partial charge in [-0.05, 0) is 48.9 Å². The van der Waals surface area contributed by atoms with Crippen LogP contribution in [0.5, 0.6) is 0 Å². The van der Waals surface area contributed by atoms with Gasteiger partial charge in [-0.25, -0.2) is 0 Å². The minimum atomic E-state index is 0.121. The second kappa shape index (κ2) is 6.46. The van der Waals surface area contributed by atoms with Crippen LogP contribution in [0.2, 0.25) is 0 Å². The molecule has 0 saturated heterocycles. The molecule has 0 amide bonds. The Morgan fingerprint density at radius 2 is 1.90 bits per heavy atom. The Kier molecular flexibility index (Phi) is 4.22. The van der Waals surface area contributed by atoms with Gasteiger partial charge < -0.3 is 5.32 Å². The summed E-state index contributed by atoms with van der Waals surface area (Å²) in [4.78, 5) is 8.89. The lowest BCUT2D eigenvalue weighted by Gasteiger charge is -2.19. The lowest BCUT2D eigenvalue weighted by Crippen LogP contribution is -2.24. The summed E-state index contributed by atoms with van der Waals surface area (Å²) in [6, 6.07) is 16.7. The number of nitrogens with one attached hydrogen (secondary N) is 1. The molecule has 0 aliphatic rings. The molecular weight excluding hydrogens is 258 g/mol. The second-order valence-corrected chi connectivity index (χ2v) is 5.10. The average Bonchev–Trinajstić information content (AvgIpc) is 2.56. The maximum absolute atomic E-state index is 4.51. The Bertz CT molecular complexity index is 710. The van der Waals surface area contributed by atoms with E-state index in [0.29, 0.717) is 0 Å². The van der Waals surface area contributed by atoms with E-state index in [2.05, 4.69) is 52.5 Å². The predicted molar refractivity (Wildman–Crippen MR) is 86.1 cm³/mol. The zero-order chi connectivity index (χ0) is 14.5. The molecule has 0 aliphatic heterocycles. The van der Waals surface area contributed by atoms with Gasteiger partial charge in [0.15, 0.2) is 0 Å². The van der Waals surface area contributed by atoms with Crippen LogP contribution in [-0.4, -0.2) is 16.5 Å². The fourth-order valence-electron chi connectivity index (χ4n) is 2.50. The number of nitrogens with zero attached hydrogens (tertiary/aromatic N) is 2. The van der Waals surface area contributed by atoms with Gasteiger partial charge in [-0.3, -0.25) is 9.97 Å². The summed E-state index contributed by atoms with van der Waals surface area (Å²) in [5.74, 6) is 0. The zero-order valence-corrected chi connectivity index (χ0v) is 12.2. The van der Waals surface area contributed by atoms with Crippen molar-refractivity contribution in [2.24, 2.45) is 0 Å². The zero-order valence-electron chi connectivity index (χ0n) is 12.2. The molecule has 1 atom stereocenters. The van der Waals surface area contributed by atoms with E-state index in [4.69, 9.17) is 0 Å². The van der Waals surface area contributed by atoms with Gasteiger partial charge in [-0.2, -0.15) is 0 Å². The van der Waals surface area contributed by atoms with Crippen molar-refractivity contribution < 1.29 is 0 Å². The molecule has 1 aromatic carbocycles. The van der Waals surface area contributed by atoms with Crippen LogP contribution in [0.25, 0.3) is 10.9 Å². The van der Waals surface area contributed by atoms with Crippen molar-refractivity contribution in [3.63, 3.8) is 0 Å². The van der Waals surface area contributed by atoms with Crippen LogP contribution in [0.4, 0.5) is 0 Å². The maximum Gasteiger partial charge on any atom is 0.0751 e. The summed E-state index contributed by atoms with van der Waals surface area (Å²) in [7, 11) is 0. The molecule has 2 aromatic heterocycles. The number of benzene rings is 1. The standard InChI is InChI=1S/C18H19N3/c1-2-10-21-18(17-7-3-4-11-20-17)15-8-9-16-14(13-15)6-5-12-19-16/h3-9,11-13,18,21H,2,10H2,1H3. The number of rotatable bonds is 5. The SMILES string of the molecule is CCCNC(c1ccc2ncccc2c1)c1ccccn1. The normalized spacial score (nSPS) is 12.4. The van der Waals surface area contributed by atoms with E-state index in [9.17, 15) is 0 Å². The lowest BCUT2D eigenvalue weighted by molar-refractivity contribution is 0.587. The Labute approximate surface area is 125 Å². The molecule has 0 fully saturated rings. The van der Waals surface area contributed by atoms with Gasteiger partial charge in [-0.1, -0.05) is 25.1 Å². The third-order valence-electron chi connectivity index (χ3n) is 3.54. The highest BCUT2D eigenvalue weighted by molar-refractivity contribution is 5.79. The van der Waals surface area contributed by atoms with Crippen LogP contribution in [-0.2, 0) is 0 Å². The van der Waals surface area contributed by atoms with Gasteiger partial charge in [0, 0.05) is 17.8 Å². The molecule has 0 bridgehead atoms. The highest BCUT2D eigenvalue weighted by Gasteiger charge is 2.14. The average molecular weight is 277 g/mol. The molecule has 1 N–H and O–H groups in total. The van der Waals surface area contributed by atoms with E-state index < -0.39 is 0 Å². The second-order valence-electron chi connectivity index (χ2n) is 5.10. The molecule has 0 aliphatic carbocycles. The van der Waals surface area contributed by atoms with E-state index in [0.717, 1.165) is 29.6 Å². The van der Waals surface area contributed by atoms with Crippen LogP contribution in [0.15, 0.2) is 60.9 Å². The first-order chi connectivity index (χ1) is 10.4. The molecule has 3 rings (SSSR count). The van der Waals surface area contributed by atoms with Gasteiger partial charge in [0.05, 0.1) is 17.3 Å². The third-order valence-corrected chi connectivity index (χ3v) is 3.54. The topological polar surface area (TPSA) is 37.8 Å². The number of aromatic nitrogens is 2. The quantitative estimate of drug-likeness (QED) is 0.772. The molecule has 106 valence electrons. The highest BCUT2D eigenvalue weighted by Crippen LogP contribution is 2.23. The number of pyridine rings is 2. The van der Waals surface area contributed by atoms with Crippen LogP contribution in [0.3, 0.4) is 0 Å². The van der Waals surface area contributed by atoms with Gasteiger partial charge >= 0.3 is 0 Å². The molecule has 0 saturated carbocycles. The van der Waals surface area contributed by atoms with E-state index in [-0.39, 0.29) is 6.04 Å². The monoisotopic (exact) mass is 277 g/mol. The minimum absolute atomic E-state index is 0.121. The van der Waals surface area contributed by atoms with Gasteiger partial charge in [0.2, 0.25) is 0 Å². The largest absolute Gasteiger partial charge is 0.305 e. The summed E-state index contributed by atoms with van der Waals surface area (Å²) in [5.41, 5.74) is 3.30. The Hall–Kier alpha value is -2.26. The lowest BCUT2D eigenvalue weighted by atomic mass is 10.0. The van der Waals surface area contributed by atoms with Crippen molar-refractivity contribution >= 4 is 10.9 Å². The van der Waals surface area contributed by atoms with E-state index in [1.807, 2.05) is 30.6 Å². The maximum atomic E-state index is 4.51. The molecule has 3 heteroatoms. The highest BCUT2D eigenvalue weighted by atomic mass is 14.9. The molecular formula is C18H19N3. The van der Waals surface area contributed by atoms with Crippen molar-refractivity contribution in [2.45, 2.75) is 19.4 Å². The molecule has 3 nitrogen and oxygen atoms in total. The Morgan fingerprint density at radius 1 is 1.00 bits per heavy atom. The molecule has 0 radical (unpaired) electrons. The molecule has 21 heavy (non-hydrogen) atoms. The van der Waals surface area contributed by atoms with E-state index in [1.165, 1.54) is 5.56 Å². The number of fused-ring (bicyclic) bond motifs is 1. The van der Waals surface area contributed by atoms with E-state index in [1.54, 1.807) is 0 Å². The van der Waals surface area contributed by atoms with Gasteiger partial charge in [0.25, 0.3) is 0 Å². The third kappa shape index (κ3) is 3.09. The van der Waals surface area contributed by atoms with Crippen LogP contribution < -0.4 is 5.32 Å². The molecule has 2 heterocycles. The summed E-state index contributed by atoms with van der Waals surface area (Å²) < 4.78 is 0. The van der Waals surface area contributed by atoms with Crippen LogP contribution in [0.1, 0.15) is 30.6 Å².